The molecule has 150 valence electrons. The smallest absolute Gasteiger partial charge is 0.242 e. The summed E-state index contributed by atoms with van der Waals surface area (Å²) in [4.78, 5) is 10.8. The van der Waals surface area contributed by atoms with Crippen LogP contribution in [0.1, 0.15) is 29.2 Å². The van der Waals surface area contributed by atoms with Gasteiger partial charge in [-0.25, -0.2) is 4.98 Å². The highest BCUT2D eigenvalue weighted by Crippen LogP contribution is 2.30. The molecule has 1 aliphatic rings. The molecule has 0 atom stereocenters. The average Bonchev–Trinajstić information content (AvgIpc) is 3.43. The lowest BCUT2D eigenvalue weighted by Crippen LogP contribution is -2.23. The molecular formula is C20H22N6OS2. The van der Waals surface area contributed by atoms with Gasteiger partial charge in [-0.15, -0.1) is 0 Å². The Morgan fingerprint density at radius 1 is 1.24 bits per heavy atom. The van der Waals surface area contributed by atoms with E-state index in [1.807, 2.05) is 50.4 Å². The van der Waals surface area contributed by atoms with Gasteiger partial charge in [-0.3, -0.25) is 4.68 Å². The van der Waals surface area contributed by atoms with E-state index in [9.17, 15) is 0 Å². The van der Waals surface area contributed by atoms with Gasteiger partial charge in [0.2, 0.25) is 5.88 Å². The number of ether oxygens (including phenoxy) is 1. The molecule has 5 heterocycles. The Balaban J connectivity index is 1.58. The first kappa shape index (κ1) is 18.6. The molecule has 1 saturated heterocycles. The average molecular weight is 427 g/mol. The van der Waals surface area contributed by atoms with Gasteiger partial charge in [-0.05, 0) is 54.9 Å². The quantitative estimate of drug-likeness (QED) is 0.484. The molecule has 0 aromatic carbocycles. The summed E-state index contributed by atoms with van der Waals surface area (Å²) in [7, 11) is 1.91. The van der Waals surface area contributed by atoms with Crippen molar-refractivity contribution in [1.82, 2.24) is 28.7 Å². The fourth-order valence-electron chi connectivity index (χ4n) is 3.58. The fourth-order valence-corrected chi connectivity index (χ4v) is 5.37. The van der Waals surface area contributed by atoms with Crippen LogP contribution in [0.2, 0.25) is 0 Å². The van der Waals surface area contributed by atoms with Crippen LogP contribution in [0.5, 0.6) is 5.88 Å². The zero-order chi connectivity index (χ0) is 19.8. The van der Waals surface area contributed by atoms with Crippen molar-refractivity contribution in [3.63, 3.8) is 0 Å². The number of fused-ring (bicyclic) bond motifs is 1. The van der Waals surface area contributed by atoms with Crippen LogP contribution in [-0.4, -0.2) is 46.3 Å². The first-order valence-corrected chi connectivity index (χ1v) is 11.6. The van der Waals surface area contributed by atoms with E-state index in [1.54, 1.807) is 4.68 Å². The number of nitrogens with zero attached hydrogens (tertiary/aromatic N) is 6. The molecule has 0 aliphatic carbocycles. The lowest BCUT2D eigenvalue weighted by atomic mass is 10.2. The molecule has 0 radical (unpaired) electrons. The van der Waals surface area contributed by atoms with E-state index in [0.717, 1.165) is 57.5 Å². The van der Waals surface area contributed by atoms with E-state index in [1.165, 1.54) is 11.5 Å². The number of hydrogen-bond acceptors (Lipinski definition) is 7. The molecule has 29 heavy (non-hydrogen) atoms. The number of thioether (sulfide) groups is 1. The Kier molecular flexibility index (Phi) is 5.01. The summed E-state index contributed by atoms with van der Waals surface area (Å²) in [5, 5.41) is 4.31. The highest BCUT2D eigenvalue weighted by atomic mass is 32.2. The standard InChI is InChI=1S/C20H22N6OS2/c1-13-9-16(29-24-13)10-18-22-17-3-6-26(14-11-21-25(2)12-14)19(17)20(23-18)27-15-4-7-28-8-5-15/h3,6,9,11-12,15H,4-5,7-8,10H2,1-2H3. The number of aryl methyl sites for hydroxylation is 2. The molecule has 0 amide bonds. The van der Waals surface area contributed by atoms with Gasteiger partial charge in [-0.1, -0.05) is 0 Å². The Labute approximate surface area is 177 Å². The van der Waals surface area contributed by atoms with Crippen molar-refractivity contribution in [1.29, 1.82) is 0 Å². The van der Waals surface area contributed by atoms with E-state index in [4.69, 9.17) is 14.7 Å². The molecule has 5 rings (SSSR count). The molecule has 1 fully saturated rings. The van der Waals surface area contributed by atoms with Crippen molar-refractivity contribution < 1.29 is 4.74 Å². The number of hydrogen-bond donors (Lipinski definition) is 0. The second-order valence-corrected chi connectivity index (χ2v) is 9.39. The van der Waals surface area contributed by atoms with Gasteiger partial charge in [0.25, 0.3) is 0 Å². The summed E-state index contributed by atoms with van der Waals surface area (Å²) >= 11 is 3.50. The zero-order valence-electron chi connectivity index (χ0n) is 16.4. The number of aromatic nitrogens is 6. The molecule has 1 aliphatic heterocycles. The molecule has 0 unspecified atom stereocenters. The SMILES string of the molecule is Cc1cc(Cc2nc(OC3CCSCC3)c3c(ccn3-c3cnn(C)c3)n2)sn1. The van der Waals surface area contributed by atoms with Crippen molar-refractivity contribution in [2.75, 3.05) is 11.5 Å². The summed E-state index contributed by atoms with van der Waals surface area (Å²) < 4.78 is 14.7. The normalized spacial score (nSPS) is 15.2. The van der Waals surface area contributed by atoms with Crippen molar-refractivity contribution >= 4 is 34.3 Å². The highest BCUT2D eigenvalue weighted by molar-refractivity contribution is 7.99. The van der Waals surface area contributed by atoms with Gasteiger partial charge in [-0.2, -0.15) is 26.2 Å². The maximum atomic E-state index is 6.45. The Morgan fingerprint density at radius 3 is 2.83 bits per heavy atom. The third-order valence-electron chi connectivity index (χ3n) is 4.97. The van der Waals surface area contributed by atoms with Gasteiger partial charge < -0.3 is 9.30 Å². The summed E-state index contributed by atoms with van der Waals surface area (Å²) in [5.41, 5.74) is 3.80. The van der Waals surface area contributed by atoms with Crippen LogP contribution < -0.4 is 4.74 Å². The minimum atomic E-state index is 0.199. The maximum Gasteiger partial charge on any atom is 0.242 e. The van der Waals surface area contributed by atoms with Crippen LogP contribution >= 0.6 is 23.3 Å². The molecule has 0 spiro atoms. The summed E-state index contributed by atoms with van der Waals surface area (Å²) in [6, 6.07) is 4.12. The minimum Gasteiger partial charge on any atom is -0.473 e. The molecule has 7 nitrogen and oxygen atoms in total. The minimum absolute atomic E-state index is 0.199. The zero-order valence-corrected chi connectivity index (χ0v) is 18.0. The van der Waals surface area contributed by atoms with Crippen LogP contribution in [0, 0.1) is 6.92 Å². The van der Waals surface area contributed by atoms with Crippen LogP contribution in [0.4, 0.5) is 0 Å². The van der Waals surface area contributed by atoms with Crippen LogP contribution in [0.25, 0.3) is 16.7 Å². The summed E-state index contributed by atoms with van der Waals surface area (Å²) in [6.45, 7) is 2.01. The summed E-state index contributed by atoms with van der Waals surface area (Å²) in [5.74, 6) is 3.70. The first-order valence-electron chi connectivity index (χ1n) is 9.69. The molecule has 4 aromatic rings. The van der Waals surface area contributed by atoms with Gasteiger partial charge in [0, 0.05) is 30.7 Å². The van der Waals surface area contributed by atoms with E-state index in [2.05, 4.69) is 20.1 Å². The third kappa shape index (κ3) is 3.89. The highest BCUT2D eigenvalue weighted by Gasteiger charge is 2.21. The van der Waals surface area contributed by atoms with Gasteiger partial charge in [0.15, 0.2) is 0 Å². The van der Waals surface area contributed by atoms with Gasteiger partial charge in [0.1, 0.15) is 17.4 Å². The lowest BCUT2D eigenvalue weighted by molar-refractivity contribution is 0.186. The van der Waals surface area contributed by atoms with Crippen LogP contribution in [-0.2, 0) is 13.5 Å². The number of rotatable bonds is 5. The molecule has 4 aromatic heterocycles. The second-order valence-electron chi connectivity index (χ2n) is 7.28. The predicted octanol–water partition coefficient (Wildman–Crippen LogP) is 3.78. The second kappa shape index (κ2) is 7.79. The van der Waals surface area contributed by atoms with Gasteiger partial charge >= 0.3 is 0 Å². The third-order valence-corrected chi connectivity index (χ3v) is 6.90. The van der Waals surface area contributed by atoms with E-state index in [-0.39, 0.29) is 6.10 Å². The Morgan fingerprint density at radius 2 is 2.10 bits per heavy atom. The maximum absolute atomic E-state index is 6.45. The molecular weight excluding hydrogens is 404 g/mol. The van der Waals surface area contributed by atoms with E-state index >= 15 is 0 Å². The summed E-state index contributed by atoms with van der Waals surface area (Å²) in [6.07, 6.45) is 8.80. The van der Waals surface area contributed by atoms with Crippen molar-refractivity contribution in [2.45, 2.75) is 32.3 Å². The predicted molar refractivity (Wildman–Crippen MR) is 116 cm³/mol. The van der Waals surface area contributed by atoms with E-state index < -0.39 is 0 Å². The van der Waals surface area contributed by atoms with Crippen molar-refractivity contribution in [2.24, 2.45) is 7.05 Å². The molecule has 0 saturated carbocycles. The Bertz CT molecular complexity index is 1140. The molecule has 0 bridgehead atoms. The van der Waals surface area contributed by atoms with Crippen LogP contribution in [0.3, 0.4) is 0 Å². The van der Waals surface area contributed by atoms with E-state index in [0.29, 0.717) is 12.3 Å². The lowest BCUT2D eigenvalue weighted by Gasteiger charge is -2.23. The fraction of sp³-hybridized carbons (Fsp3) is 0.400. The van der Waals surface area contributed by atoms with Crippen molar-refractivity contribution in [3.05, 3.63) is 47.1 Å². The van der Waals surface area contributed by atoms with Crippen LogP contribution in [0.15, 0.2) is 30.7 Å². The van der Waals surface area contributed by atoms with Crippen molar-refractivity contribution in [3.8, 4) is 11.6 Å². The molecule has 9 heteroatoms. The first-order chi connectivity index (χ1) is 14.2. The monoisotopic (exact) mass is 426 g/mol. The molecule has 0 N–H and O–H groups in total. The largest absolute Gasteiger partial charge is 0.473 e. The Hall–Kier alpha value is -2.39. The topological polar surface area (TPSA) is 70.7 Å². The van der Waals surface area contributed by atoms with Gasteiger partial charge in [0.05, 0.1) is 23.1 Å².